The van der Waals surface area contributed by atoms with Gasteiger partial charge in [-0.05, 0) is 52.0 Å². The molecule has 1 aliphatic rings. The summed E-state index contributed by atoms with van der Waals surface area (Å²) in [6, 6.07) is 8.22. The van der Waals surface area contributed by atoms with Crippen LogP contribution in [0.3, 0.4) is 0 Å². The number of halogens is 1. The Morgan fingerprint density at radius 1 is 1.33 bits per heavy atom. The van der Waals surface area contributed by atoms with Crippen LogP contribution in [0.4, 0.5) is 0 Å². The van der Waals surface area contributed by atoms with Crippen molar-refractivity contribution < 1.29 is 9.53 Å². The minimum absolute atomic E-state index is 0.0205. The highest BCUT2D eigenvalue weighted by Gasteiger charge is 2.25. The monoisotopic (exact) mass is 390 g/mol. The third-order valence-electron chi connectivity index (χ3n) is 4.56. The molecule has 3 rings (SSSR count). The van der Waals surface area contributed by atoms with Gasteiger partial charge in [-0.1, -0.05) is 15.9 Å². The van der Waals surface area contributed by atoms with Crippen LogP contribution in [0.5, 0.6) is 5.75 Å². The van der Waals surface area contributed by atoms with Crippen LogP contribution < -0.4 is 10.1 Å². The van der Waals surface area contributed by atoms with E-state index >= 15 is 0 Å². The van der Waals surface area contributed by atoms with Gasteiger partial charge in [0.05, 0.1) is 18.2 Å². The molecule has 1 aromatic carbocycles. The van der Waals surface area contributed by atoms with Crippen LogP contribution in [-0.4, -0.2) is 17.1 Å². The van der Waals surface area contributed by atoms with E-state index in [0.29, 0.717) is 12.6 Å². The second kappa shape index (κ2) is 6.63. The lowest BCUT2D eigenvalue weighted by atomic mass is 10.00. The summed E-state index contributed by atoms with van der Waals surface area (Å²) >= 11 is 3.50. The fourth-order valence-electron chi connectivity index (χ4n) is 3.55. The van der Waals surface area contributed by atoms with Gasteiger partial charge in [-0.15, -0.1) is 0 Å². The second-order valence-corrected chi connectivity index (χ2v) is 7.51. The van der Waals surface area contributed by atoms with Crippen molar-refractivity contribution in [2.75, 3.05) is 6.61 Å². The third-order valence-corrected chi connectivity index (χ3v) is 5.06. The Kier molecular flexibility index (Phi) is 4.72. The average Bonchev–Trinajstić information content (AvgIpc) is 2.82. The number of carbonyl (C=O) groups is 1. The smallest absolute Gasteiger partial charge is 0.253 e. The standard InChI is InChI=1S/C19H23BrN2O2/c1-11(2)22-12(3)9-15(13(22)4)19(23)21-17-7-8-24-18-6-5-14(20)10-16(17)18/h5-6,9-11,17H,7-8H2,1-4H3,(H,21,23). The van der Waals surface area contributed by atoms with Gasteiger partial charge in [0.2, 0.25) is 0 Å². The first-order valence-electron chi connectivity index (χ1n) is 8.30. The molecular weight excluding hydrogens is 368 g/mol. The summed E-state index contributed by atoms with van der Waals surface area (Å²) in [6.45, 7) is 8.94. The molecule has 1 aliphatic heterocycles. The van der Waals surface area contributed by atoms with Crippen LogP contribution in [0.2, 0.25) is 0 Å². The topological polar surface area (TPSA) is 43.3 Å². The summed E-state index contributed by atoms with van der Waals surface area (Å²) in [5.41, 5.74) is 3.91. The molecule has 5 heteroatoms. The van der Waals surface area contributed by atoms with Crippen molar-refractivity contribution >= 4 is 21.8 Å². The Hall–Kier alpha value is -1.75. The summed E-state index contributed by atoms with van der Waals surface area (Å²) < 4.78 is 8.89. The van der Waals surface area contributed by atoms with Crippen molar-refractivity contribution in [3.8, 4) is 5.75 Å². The summed E-state index contributed by atoms with van der Waals surface area (Å²) in [6.07, 6.45) is 0.776. The van der Waals surface area contributed by atoms with Gasteiger partial charge >= 0.3 is 0 Å². The van der Waals surface area contributed by atoms with Gasteiger partial charge in [0.15, 0.2) is 0 Å². The lowest BCUT2D eigenvalue weighted by Gasteiger charge is -2.27. The maximum Gasteiger partial charge on any atom is 0.253 e. The number of carbonyl (C=O) groups excluding carboxylic acids is 1. The van der Waals surface area contributed by atoms with Crippen molar-refractivity contribution in [2.45, 2.75) is 46.2 Å². The molecule has 0 saturated heterocycles. The molecule has 1 atom stereocenters. The number of hydrogen-bond donors (Lipinski definition) is 1. The van der Waals surface area contributed by atoms with Gasteiger partial charge in [-0.3, -0.25) is 4.79 Å². The number of aromatic nitrogens is 1. The molecule has 1 amide bonds. The Morgan fingerprint density at radius 2 is 2.08 bits per heavy atom. The fraction of sp³-hybridized carbons (Fsp3) is 0.421. The predicted molar refractivity (Wildman–Crippen MR) is 98.8 cm³/mol. The molecular formula is C19H23BrN2O2. The van der Waals surface area contributed by atoms with E-state index in [4.69, 9.17) is 4.74 Å². The van der Waals surface area contributed by atoms with Crippen LogP contribution >= 0.6 is 15.9 Å². The number of benzene rings is 1. The molecule has 0 aliphatic carbocycles. The average molecular weight is 391 g/mol. The number of amides is 1. The van der Waals surface area contributed by atoms with Gasteiger partial charge in [0.25, 0.3) is 5.91 Å². The van der Waals surface area contributed by atoms with E-state index in [2.05, 4.69) is 39.7 Å². The van der Waals surface area contributed by atoms with E-state index < -0.39 is 0 Å². The zero-order chi connectivity index (χ0) is 17.4. The van der Waals surface area contributed by atoms with Gasteiger partial charge < -0.3 is 14.6 Å². The molecule has 1 N–H and O–H groups in total. The largest absolute Gasteiger partial charge is 0.493 e. The zero-order valence-electron chi connectivity index (χ0n) is 14.5. The lowest BCUT2D eigenvalue weighted by molar-refractivity contribution is 0.0924. The number of rotatable bonds is 3. The molecule has 0 fully saturated rings. The Labute approximate surface area is 151 Å². The predicted octanol–water partition coefficient (Wildman–Crippen LogP) is 4.70. The number of hydrogen-bond acceptors (Lipinski definition) is 2. The van der Waals surface area contributed by atoms with Gasteiger partial charge in [-0.25, -0.2) is 0 Å². The Balaban J connectivity index is 1.87. The van der Waals surface area contributed by atoms with E-state index in [0.717, 1.165) is 39.2 Å². The van der Waals surface area contributed by atoms with E-state index in [1.54, 1.807) is 0 Å². The summed E-state index contributed by atoms with van der Waals surface area (Å²) in [7, 11) is 0. The minimum atomic E-state index is -0.0270. The van der Waals surface area contributed by atoms with Crippen LogP contribution in [0.25, 0.3) is 0 Å². The quantitative estimate of drug-likeness (QED) is 0.824. The molecule has 2 heterocycles. The fourth-order valence-corrected chi connectivity index (χ4v) is 3.93. The SMILES string of the molecule is Cc1cc(C(=O)NC2CCOc3ccc(Br)cc32)c(C)n1C(C)C. The van der Waals surface area contributed by atoms with Gasteiger partial charge in [0, 0.05) is 33.9 Å². The summed E-state index contributed by atoms with van der Waals surface area (Å²) in [5.74, 6) is 0.829. The highest BCUT2D eigenvalue weighted by atomic mass is 79.9. The molecule has 24 heavy (non-hydrogen) atoms. The first-order valence-corrected chi connectivity index (χ1v) is 9.09. The lowest BCUT2D eigenvalue weighted by Crippen LogP contribution is -2.32. The maximum atomic E-state index is 12.8. The molecule has 0 saturated carbocycles. The maximum absolute atomic E-state index is 12.8. The molecule has 4 nitrogen and oxygen atoms in total. The van der Waals surface area contributed by atoms with Crippen LogP contribution in [0.15, 0.2) is 28.7 Å². The van der Waals surface area contributed by atoms with Gasteiger partial charge in [0.1, 0.15) is 5.75 Å². The minimum Gasteiger partial charge on any atom is -0.493 e. The number of fused-ring (bicyclic) bond motifs is 1. The third kappa shape index (κ3) is 3.09. The summed E-state index contributed by atoms with van der Waals surface area (Å²) in [4.78, 5) is 12.8. The molecule has 1 unspecified atom stereocenters. The van der Waals surface area contributed by atoms with E-state index in [-0.39, 0.29) is 11.9 Å². The van der Waals surface area contributed by atoms with Crippen LogP contribution in [0.1, 0.15) is 59.7 Å². The highest BCUT2D eigenvalue weighted by Crippen LogP contribution is 2.34. The van der Waals surface area contributed by atoms with E-state index in [1.165, 1.54) is 0 Å². The molecule has 0 spiro atoms. The van der Waals surface area contributed by atoms with E-state index in [1.807, 2.05) is 38.1 Å². The first kappa shape index (κ1) is 17.1. The van der Waals surface area contributed by atoms with Crippen LogP contribution in [-0.2, 0) is 0 Å². The first-order chi connectivity index (χ1) is 11.4. The molecule has 2 aromatic rings. The Bertz CT molecular complexity index is 780. The number of aryl methyl sites for hydroxylation is 1. The van der Waals surface area contributed by atoms with Crippen molar-refractivity contribution in [3.05, 3.63) is 51.3 Å². The molecule has 0 radical (unpaired) electrons. The zero-order valence-corrected chi connectivity index (χ0v) is 16.1. The van der Waals surface area contributed by atoms with Crippen molar-refractivity contribution in [1.29, 1.82) is 0 Å². The van der Waals surface area contributed by atoms with Gasteiger partial charge in [-0.2, -0.15) is 0 Å². The number of nitrogens with zero attached hydrogens (tertiary/aromatic N) is 1. The van der Waals surface area contributed by atoms with Crippen molar-refractivity contribution in [3.63, 3.8) is 0 Å². The molecule has 1 aromatic heterocycles. The number of nitrogens with one attached hydrogen (secondary N) is 1. The second-order valence-electron chi connectivity index (χ2n) is 6.59. The Morgan fingerprint density at radius 3 is 2.75 bits per heavy atom. The van der Waals surface area contributed by atoms with E-state index in [9.17, 15) is 4.79 Å². The highest BCUT2D eigenvalue weighted by molar-refractivity contribution is 9.10. The number of ether oxygens (including phenoxy) is 1. The normalized spacial score (nSPS) is 16.7. The molecule has 0 bridgehead atoms. The van der Waals surface area contributed by atoms with Crippen LogP contribution in [0, 0.1) is 13.8 Å². The van der Waals surface area contributed by atoms with Crippen molar-refractivity contribution in [2.24, 2.45) is 0 Å². The summed E-state index contributed by atoms with van der Waals surface area (Å²) in [5, 5.41) is 3.19. The van der Waals surface area contributed by atoms with Crippen molar-refractivity contribution in [1.82, 2.24) is 9.88 Å². The molecule has 128 valence electrons.